The van der Waals surface area contributed by atoms with Gasteiger partial charge in [0.15, 0.2) is 0 Å². The molecule has 23 heavy (non-hydrogen) atoms. The first-order valence-corrected chi connectivity index (χ1v) is 12.3. The van der Waals surface area contributed by atoms with E-state index < -0.39 is 16.4 Å². The second-order valence-electron chi connectivity index (χ2n) is 8.83. The lowest BCUT2D eigenvalue weighted by molar-refractivity contribution is -0.159. The second kappa shape index (κ2) is 5.64. The maximum Gasteiger partial charge on any atom is 0.259 e. The number of carbonyl (C=O) groups excluding carboxylic acids is 1. The van der Waals surface area contributed by atoms with Gasteiger partial charge in [0.2, 0.25) is 5.91 Å². The highest BCUT2D eigenvalue weighted by atomic mass is 35.9. The first-order valence-electron chi connectivity index (χ1n) is 8.82. The zero-order chi connectivity index (χ0) is 17.2. The lowest BCUT2D eigenvalue weighted by Crippen LogP contribution is -2.61. The first-order chi connectivity index (χ1) is 10.5. The molecule has 4 aliphatic rings. The predicted molar refractivity (Wildman–Crippen MR) is 96.3 cm³/mol. The van der Waals surface area contributed by atoms with Gasteiger partial charge in [-0.25, -0.2) is 0 Å². The molecule has 0 aliphatic heterocycles. The molecule has 0 spiro atoms. The van der Waals surface area contributed by atoms with Crippen molar-refractivity contribution >= 4 is 34.2 Å². The van der Waals surface area contributed by atoms with Gasteiger partial charge in [0.1, 0.15) is 0 Å². The summed E-state index contributed by atoms with van der Waals surface area (Å²) in [6, 6.07) is 0.343. The van der Waals surface area contributed by atoms with E-state index in [4.69, 9.17) is 22.5 Å². The van der Waals surface area contributed by atoms with Crippen molar-refractivity contribution in [2.24, 2.45) is 17.3 Å². The van der Waals surface area contributed by atoms with Gasteiger partial charge in [-0.05, 0) is 101 Å². The molecule has 4 saturated carbocycles. The van der Waals surface area contributed by atoms with Crippen LogP contribution in [0.2, 0.25) is 0 Å². The minimum absolute atomic E-state index is 0.172. The fraction of sp³-hybridized carbons (Fsp3) is 0.941. The third-order valence-corrected chi connectivity index (χ3v) is 10.2. The molecule has 132 valence electrons. The maximum atomic E-state index is 13.5. The molecule has 1 amide bonds. The fourth-order valence-corrected chi connectivity index (χ4v) is 8.72. The van der Waals surface area contributed by atoms with Gasteiger partial charge >= 0.3 is 0 Å². The van der Waals surface area contributed by atoms with E-state index in [0.29, 0.717) is 18.3 Å². The van der Waals surface area contributed by atoms with Crippen molar-refractivity contribution in [3.05, 3.63) is 0 Å². The summed E-state index contributed by atoms with van der Waals surface area (Å²) < 4.78 is 12.7. The van der Waals surface area contributed by atoms with E-state index in [1.165, 1.54) is 0 Å². The molecule has 2 unspecified atom stereocenters. The standard InChI is InChI=1S/C17H28Cl2NO2P/c1-11(2)20(12(3)4)15(21)16-6-13-5-14(7-16)9-17(8-13,10-16)23(18,19)22/h11-14H,5-10H2,1-4H3/t13-,14+,16?,17?. The Morgan fingerprint density at radius 3 is 1.91 bits per heavy atom. The number of rotatable bonds is 4. The van der Waals surface area contributed by atoms with Crippen LogP contribution in [0.5, 0.6) is 0 Å². The van der Waals surface area contributed by atoms with Gasteiger partial charge < -0.3 is 4.90 Å². The summed E-state index contributed by atoms with van der Waals surface area (Å²) in [5.41, 5.74) is -0.391. The van der Waals surface area contributed by atoms with E-state index >= 15 is 0 Å². The van der Waals surface area contributed by atoms with Gasteiger partial charge in [0, 0.05) is 12.1 Å². The van der Waals surface area contributed by atoms with Crippen molar-refractivity contribution in [1.29, 1.82) is 0 Å². The van der Waals surface area contributed by atoms with E-state index in [0.717, 1.165) is 32.1 Å². The van der Waals surface area contributed by atoms with E-state index in [1.807, 2.05) is 4.90 Å². The molecule has 0 radical (unpaired) electrons. The Labute approximate surface area is 149 Å². The molecule has 0 N–H and O–H groups in total. The molecule has 6 heteroatoms. The Balaban J connectivity index is 1.99. The van der Waals surface area contributed by atoms with Crippen molar-refractivity contribution in [3.63, 3.8) is 0 Å². The molecule has 4 bridgehead atoms. The fourth-order valence-electron chi connectivity index (χ4n) is 6.11. The lowest BCUT2D eigenvalue weighted by Gasteiger charge is -2.62. The monoisotopic (exact) mass is 379 g/mol. The van der Waals surface area contributed by atoms with E-state index in [1.54, 1.807) is 0 Å². The molecule has 0 aromatic rings. The lowest BCUT2D eigenvalue weighted by atomic mass is 9.48. The molecule has 4 aliphatic carbocycles. The smallest absolute Gasteiger partial charge is 0.259 e. The van der Waals surface area contributed by atoms with Gasteiger partial charge in [-0.3, -0.25) is 9.36 Å². The third-order valence-electron chi connectivity index (χ3n) is 6.38. The van der Waals surface area contributed by atoms with Crippen molar-refractivity contribution in [1.82, 2.24) is 4.90 Å². The highest BCUT2D eigenvalue weighted by Crippen LogP contribution is 2.79. The van der Waals surface area contributed by atoms with Crippen LogP contribution in [0.1, 0.15) is 66.2 Å². The third kappa shape index (κ3) is 2.79. The largest absolute Gasteiger partial charge is 0.337 e. The average Bonchev–Trinajstić information content (AvgIpc) is 2.34. The zero-order valence-corrected chi connectivity index (χ0v) is 16.9. The van der Waals surface area contributed by atoms with Crippen LogP contribution in [0.25, 0.3) is 0 Å². The summed E-state index contributed by atoms with van der Waals surface area (Å²) in [5.74, 6) is -2.11. The predicted octanol–water partition coefficient (Wildman–Crippen LogP) is 5.64. The van der Waals surface area contributed by atoms with Crippen LogP contribution in [0, 0.1) is 17.3 Å². The van der Waals surface area contributed by atoms with Crippen LogP contribution in [0.15, 0.2) is 0 Å². The summed E-state index contributed by atoms with van der Waals surface area (Å²) in [6.45, 7) is 8.29. The summed E-state index contributed by atoms with van der Waals surface area (Å²) in [6.07, 6.45) is 5.29. The minimum Gasteiger partial charge on any atom is -0.337 e. The molecule has 0 heterocycles. The normalized spacial score (nSPS) is 39.3. The van der Waals surface area contributed by atoms with Crippen molar-refractivity contribution < 1.29 is 9.36 Å². The van der Waals surface area contributed by atoms with E-state index in [9.17, 15) is 9.36 Å². The zero-order valence-electron chi connectivity index (χ0n) is 14.5. The van der Waals surface area contributed by atoms with Gasteiger partial charge in [-0.1, -0.05) is 0 Å². The summed E-state index contributed by atoms with van der Waals surface area (Å²) in [4.78, 5) is 15.5. The van der Waals surface area contributed by atoms with Crippen LogP contribution in [0.3, 0.4) is 0 Å². The average molecular weight is 380 g/mol. The first kappa shape index (κ1) is 18.1. The maximum absolute atomic E-state index is 13.5. The molecular formula is C17H28Cl2NO2P. The van der Waals surface area contributed by atoms with E-state index in [2.05, 4.69) is 27.7 Å². The van der Waals surface area contributed by atoms with Gasteiger partial charge in [-0.15, -0.1) is 0 Å². The molecule has 4 rings (SSSR count). The quantitative estimate of drug-likeness (QED) is 0.592. The molecule has 0 saturated heterocycles. The highest BCUT2D eigenvalue weighted by molar-refractivity contribution is 8.09. The second-order valence-corrected chi connectivity index (χ2v) is 14.1. The van der Waals surface area contributed by atoms with Gasteiger partial charge in [0.05, 0.1) is 10.6 Å². The van der Waals surface area contributed by atoms with Crippen LogP contribution in [-0.2, 0) is 9.36 Å². The SMILES string of the molecule is CC(C)N(C(=O)C12C[C@H]3C[C@@H](C1)CC(P(=O)(Cl)Cl)(C3)C2)C(C)C. The van der Waals surface area contributed by atoms with E-state index in [-0.39, 0.29) is 18.0 Å². The van der Waals surface area contributed by atoms with Gasteiger partial charge in [0.25, 0.3) is 5.85 Å². The van der Waals surface area contributed by atoms with Crippen molar-refractivity contribution in [2.45, 2.75) is 83.5 Å². The topological polar surface area (TPSA) is 37.4 Å². The number of hydrogen-bond donors (Lipinski definition) is 0. The molecule has 0 aromatic carbocycles. The number of hydrogen-bond acceptors (Lipinski definition) is 2. The van der Waals surface area contributed by atoms with Crippen LogP contribution in [0.4, 0.5) is 0 Å². The molecule has 3 nitrogen and oxygen atoms in total. The van der Waals surface area contributed by atoms with Gasteiger partial charge in [-0.2, -0.15) is 0 Å². The Bertz CT molecular complexity index is 535. The molecule has 0 aromatic heterocycles. The summed E-state index contributed by atoms with van der Waals surface area (Å²) in [5, 5.41) is -0.518. The van der Waals surface area contributed by atoms with Crippen LogP contribution < -0.4 is 0 Å². The molecular weight excluding hydrogens is 352 g/mol. The highest BCUT2D eigenvalue weighted by Gasteiger charge is 2.66. The minimum atomic E-state index is -3.25. The molecule has 4 fully saturated rings. The Morgan fingerprint density at radius 1 is 1.04 bits per heavy atom. The van der Waals surface area contributed by atoms with Crippen LogP contribution in [-0.4, -0.2) is 28.0 Å². The van der Waals surface area contributed by atoms with Crippen molar-refractivity contribution in [2.75, 3.05) is 0 Å². The summed E-state index contributed by atoms with van der Waals surface area (Å²) in [7, 11) is 0. The van der Waals surface area contributed by atoms with Crippen molar-refractivity contribution in [3.8, 4) is 0 Å². The Kier molecular flexibility index (Phi) is 4.44. The molecule has 4 atom stereocenters. The number of nitrogens with zero attached hydrogens (tertiary/aromatic N) is 1. The Morgan fingerprint density at radius 2 is 1.52 bits per heavy atom. The number of carbonyl (C=O) groups is 1. The number of amides is 1. The number of halogens is 2. The summed E-state index contributed by atoms with van der Waals surface area (Å²) >= 11 is 12.4. The Hall–Kier alpha value is 0.280. The van der Waals surface area contributed by atoms with Crippen LogP contribution >= 0.6 is 28.3 Å².